The van der Waals surface area contributed by atoms with Crippen LogP contribution in [0.15, 0.2) is 0 Å². The Labute approximate surface area is 110 Å². The molecule has 0 aromatic rings. The van der Waals surface area contributed by atoms with E-state index in [1.807, 2.05) is 0 Å². The summed E-state index contributed by atoms with van der Waals surface area (Å²) in [6, 6.07) is 3.01. The third-order valence-electron chi connectivity index (χ3n) is 4.03. The molecule has 0 aromatic heterocycles. The quantitative estimate of drug-likeness (QED) is 0.683. The molecule has 1 fully saturated rings. The molecule has 0 bridgehead atoms. The predicted octanol–water partition coefficient (Wildman–Crippen LogP) is 1.10. The summed E-state index contributed by atoms with van der Waals surface area (Å²) >= 11 is 0. The third kappa shape index (κ3) is 3.12. The highest BCUT2D eigenvalue weighted by Gasteiger charge is 2.47. The van der Waals surface area contributed by atoms with Gasteiger partial charge in [0.25, 0.3) is 0 Å². The summed E-state index contributed by atoms with van der Waals surface area (Å²) in [4.78, 5) is 0. The second-order valence-corrected chi connectivity index (χ2v) is 9.50. The van der Waals surface area contributed by atoms with E-state index in [1.54, 1.807) is 0 Å². The minimum Gasteiger partial charge on any atom is -0.406 e. The van der Waals surface area contributed by atoms with Crippen LogP contribution in [-0.4, -0.2) is 56.8 Å². The molecule has 0 saturated carbocycles. The lowest BCUT2D eigenvalue weighted by atomic mass is 10.1. The van der Waals surface area contributed by atoms with E-state index in [0.717, 1.165) is 18.1 Å². The van der Waals surface area contributed by atoms with Crippen molar-refractivity contribution in [3.05, 3.63) is 0 Å². The van der Waals surface area contributed by atoms with E-state index in [2.05, 4.69) is 20.8 Å². The predicted molar refractivity (Wildman–Crippen MR) is 70.8 cm³/mol. The van der Waals surface area contributed by atoms with Crippen molar-refractivity contribution < 1.29 is 24.1 Å². The van der Waals surface area contributed by atoms with Crippen LogP contribution >= 0.6 is 0 Å². The number of rotatable bonds is 7. The van der Waals surface area contributed by atoms with Crippen molar-refractivity contribution in [2.24, 2.45) is 0 Å². The molecule has 18 heavy (non-hydrogen) atoms. The van der Waals surface area contributed by atoms with Crippen molar-refractivity contribution in [2.75, 3.05) is 13.7 Å². The first-order valence-electron chi connectivity index (χ1n) is 6.72. The van der Waals surface area contributed by atoms with E-state index in [0.29, 0.717) is 0 Å². The lowest BCUT2D eigenvalue weighted by Gasteiger charge is -2.34. The number of hydrogen-bond donors (Lipinski definition) is 2. The summed E-state index contributed by atoms with van der Waals surface area (Å²) in [7, 11) is -0.298. The van der Waals surface area contributed by atoms with Crippen molar-refractivity contribution >= 4 is 8.32 Å². The standard InChI is InChI=1S/C12H26O5Si/c1-5-18(6-2,7-3)17-11-10(14)9(8-13)16-12(11)15-4/h9-14H,5-8H2,1-4H3/t9-,10-,11+,12+/m1/s1. The van der Waals surface area contributed by atoms with Gasteiger partial charge in [0.05, 0.1) is 6.61 Å². The van der Waals surface area contributed by atoms with Gasteiger partial charge in [0.2, 0.25) is 0 Å². The van der Waals surface area contributed by atoms with Gasteiger partial charge in [0, 0.05) is 7.11 Å². The van der Waals surface area contributed by atoms with Crippen LogP contribution in [0.25, 0.3) is 0 Å². The van der Waals surface area contributed by atoms with E-state index in [1.165, 1.54) is 7.11 Å². The zero-order valence-electron chi connectivity index (χ0n) is 11.8. The summed E-state index contributed by atoms with van der Waals surface area (Å²) in [6.07, 6.45) is -2.51. The topological polar surface area (TPSA) is 68.2 Å². The Hall–Kier alpha value is 0.0169. The smallest absolute Gasteiger partial charge is 0.192 e. The molecule has 108 valence electrons. The van der Waals surface area contributed by atoms with E-state index in [4.69, 9.17) is 19.0 Å². The maximum atomic E-state index is 10.1. The summed E-state index contributed by atoms with van der Waals surface area (Å²) in [5.74, 6) is 0. The maximum Gasteiger partial charge on any atom is 0.192 e. The lowest BCUT2D eigenvalue weighted by Crippen LogP contribution is -2.47. The van der Waals surface area contributed by atoms with Gasteiger partial charge in [0.15, 0.2) is 14.6 Å². The molecule has 0 radical (unpaired) electrons. The minimum atomic E-state index is -1.83. The molecule has 1 saturated heterocycles. The van der Waals surface area contributed by atoms with Crippen LogP contribution in [0.5, 0.6) is 0 Å². The molecule has 1 aliphatic rings. The van der Waals surface area contributed by atoms with Crippen molar-refractivity contribution in [2.45, 2.75) is 63.5 Å². The zero-order chi connectivity index (χ0) is 13.8. The fourth-order valence-electron chi connectivity index (χ4n) is 2.46. The number of hydrogen-bond acceptors (Lipinski definition) is 5. The minimum absolute atomic E-state index is 0.222. The molecule has 0 unspecified atom stereocenters. The molecule has 0 spiro atoms. The van der Waals surface area contributed by atoms with Crippen LogP contribution < -0.4 is 0 Å². The van der Waals surface area contributed by atoms with Crippen molar-refractivity contribution in [1.29, 1.82) is 0 Å². The highest BCUT2D eigenvalue weighted by molar-refractivity contribution is 6.73. The van der Waals surface area contributed by atoms with Gasteiger partial charge < -0.3 is 24.1 Å². The summed E-state index contributed by atoms with van der Waals surface area (Å²) in [5, 5.41) is 19.3. The van der Waals surface area contributed by atoms with Crippen molar-refractivity contribution in [3.8, 4) is 0 Å². The largest absolute Gasteiger partial charge is 0.406 e. The van der Waals surface area contributed by atoms with E-state index >= 15 is 0 Å². The molecule has 0 aromatic carbocycles. The zero-order valence-corrected chi connectivity index (χ0v) is 12.8. The maximum absolute atomic E-state index is 10.1. The Morgan fingerprint density at radius 2 is 1.72 bits per heavy atom. The van der Waals surface area contributed by atoms with Crippen molar-refractivity contribution in [1.82, 2.24) is 0 Å². The second-order valence-electron chi connectivity index (χ2n) is 4.78. The molecule has 0 aliphatic carbocycles. The van der Waals surface area contributed by atoms with Crippen molar-refractivity contribution in [3.63, 3.8) is 0 Å². The normalized spacial score (nSPS) is 33.0. The van der Waals surface area contributed by atoms with E-state index in [-0.39, 0.29) is 6.61 Å². The average Bonchev–Trinajstić information content (AvgIpc) is 2.72. The Morgan fingerprint density at radius 1 is 1.17 bits per heavy atom. The monoisotopic (exact) mass is 278 g/mol. The Bertz CT molecular complexity index is 236. The molecule has 0 amide bonds. The van der Waals surface area contributed by atoms with Crippen LogP contribution in [0.1, 0.15) is 20.8 Å². The van der Waals surface area contributed by atoms with Gasteiger partial charge in [0.1, 0.15) is 18.3 Å². The Kier molecular flexibility index (Phi) is 6.23. The molecule has 2 N–H and O–H groups in total. The molecule has 4 atom stereocenters. The number of aliphatic hydroxyl groups is 2. The lowest BCUT2D eigenvalue weighted by molar-refractivity contribution is -0.150. The van der Waals surface area contributed by atoms with Gasteiger partial charge >= 0.3 is 0 Å². The Balaban J connectivity index is 2.79. The van der Waals surface area contributed by atoms with Gasteiger partial charge in [-0.3, -0.25) is 0 Å². The van der Waals surface area contributed by atoms with Gasteiger partial charge in [-0.2, -0.15) is 0 Å². The van der Waals surface area contributed by atoms with Crippen LogP contribution in [0.3, 0.4) is 0 Å². The fraction of sp³-hybridized carbons (Fsp3) is 1.00. The SMILES string of the molecule is CC[Si](CC)(CC)O[C@@H]1[C@@H](OC)O[C@H](CO)[C@H]1O. The van der Waals surface area contributed by atoms with Gasteiger partial charge in [-0.05, 0) is 18.1 Å². The van der Waals surface area contributed by atoms with Crippen LogP contribution in [0, 0.1) is 0 Å². The fourth-order valence-corrected chi connectivity index (χ4v) is 5.29. The van der Waals surface area contributed by atoms with Gasteiger partial charge in [-0.1, -0.05) is 20.8 Å². The first-order valence-corrected chi connectivity index (χ1v) is 9.25. The highest BCUT2D eigenvalue weighted by Crippen LogP contribution is 2.31. The third-order valence-corrected chi connectivity index (χ3v) is 8.66. The first-order chi connectivity index (χ1) is 8.57. The molecule has 1 heterocycles. The molecular weight excluding hydrogens is 252 g/mol. The van der Waals surface area contributed by atoms with Crippen LogP contribution in [-0.2, 0) is 13.9 Å². The molecule has 1 rings (SSSR count). The van der Waals surface area contributed by atoms with E-state index < -0.39 is 32.9 Å². The number of methoxy groups -OCH3 is 1. The first kappa shape index (κ1) is 16.1. The second kappa shape index (κ2) is 6.98. The highest BCUT2D eigenvalue weighted by atomic mass is 28.4. The summed E-state index contributed by atoms with van der Waals surface area (Å²) in [5.41, 5.74) is 0. The van der Waals surface area contributed by atoms with Crippen LogP contribution in [0.2, 0.25) is 18.1 Å². The van der Waals surface area contributed by atoms with Crippen LogP contribution in [0.4, 0.5) is 0 Å². The number of ether oxygens (including phenoxy) is 2. The summed E-state index contributed by atoms with van der Waals surface area (Å²) < 4.78 is 16.9. The summed E-state index contributed by atoms with van der Waals surface area (Å²) in [6.45, 7) is 6.17. The number of aliphatic hydroxyl groups excluding tert-OH is 2. The average molecular weight is 278 g/mol. The molecular formula is C12H26O5Si. The van der Waals surface area contributed by atoms with Gasteiger partial charge in [-0.25, -0.2) is 0 Å². The van der Waals surface area contributed by atoms with Gasteiger partial charge in [-0.15, -0.1) is 0 Å². The molecule has 1 aliphatic heterocycles. The van der Waals surface area contributed by atoms with E-state index in [9.17, 15) is 5.11 Å². The Morgan fingerprint density at radius 3 is 2.11 bits per heavy atom. The molecule has 5 nitrogen and oxygen atoms in total. The molecule has 6 heteroatoms.